The van der Waals surface area contributed by atoms with Crippen molar-refractivity contribution in [2.45, 2.75) is 25.8 Å². The molecular weight excluding hydrogens is 348 g/mol. The van der Waals surface area contributed by atoms with Crippen molar-refractivity contribution < 1.29 is 19.1 Å². The van der Waals surface area contributed by atoms with Crippen molar-refractivity contribution in [3.05, 3.63) is 24.3 Å². The number of likely N-dealkylation sites (tertiary alicyclic amines) is 1. The average molecular weight is 374 g/mol. The Morgan fingerprint density at radius 1 is 1.07 bits per heavy atom. The van der Waals surface area contributed by atoms with E-state index in [2.05, 4.69) is 5.32 Å². The van der Waals surface area contributed by atoms with Gasteiger partial charge >= 0.3 is 17.8 Å². The molecule has 1 aromatic rings. The van der Waals surface area contributed by atoms with Crippen molar-refractivity contribution in [3.8, 4) is 5.75 Å². The summed E-state index contributed by atoms with van der Waals surface area (Å²) >= 11 is 0. The molecule has 0 atom stereocenters. The van der Waals surface area contributed by atoms with Crippen molar-refractivity contribution in [2.24, 2.45) is 0 Å². The standard InChI is InChI=1S/C19H26N4O4/c1-3-27-16-6-4-14(5-7-16)20-19(26)22-10-8-15(9-11-22)23-13-12-21(2)17(24)18(23)25/h4-7,15H,3,8-13H2,1-2H3,(H,20,26). The summed E-state index contributed by atoms with van der Waals surface area (Å²) in [5, 5.41) is 2.89. The molecule has 2 aliphatic heterocycles. The van der Waals surface area contributed by atoms with Crippen LogP contribution < -0.4 is 10.1 Å². The lowest BCUT2D eigenvalue weighted by atomic mass is 10.0. The molecule has 3 rings (SSSR count). The first-order valence-corrected chi connectivity index (χ1v) is 9.34. The third-order valence-corrected chi connectivity index (χ3v) is 5.08. The van der Waals surface area contributed by atoms with E-state index in [1.54, 1.807) is 16.8 Å². The number of carbonyl (C=O) groups excluding carboxylic acids is 3. The largest absolute Gasteiger partial charge is 0.494 e. The van der Waals surface area contributed by atoms with E-state index in [1.165, 1.54) is 4.90 Å². The number of piperazine rings is 1. The molecule has 27 heavy (non-hydrogen) atoms. The molecule has 2 saturated heterocycles. The van der Waals surface area contributed by atoms with Crippen LogP contribution in [0.1, 0.15) is 19.8 Å². The summed E-state index contributed by atoms with van der Waals surface area (Å²) in [7, 11) is 1.64. The van der Waals surface area contributed by atoms with Gasteiger partial charge < -0.3 is 24.8 Å². The summed E-state index contributed by atoms with van der Waals surface area (Å²) in [6.45, 7) is 4.75. The van der Waals surface area contributed by atoms with Crippen LogP contribution in [0.25, 0.3) is 0 Å². The molecule has 0 aromatic heterocycles. The number of hydrogen-bond acceptors (Lipinski definition) is 4. The Kier molecular flexibility index (Phi) is 5.83. The third-order valence-electron chi connectivity index (χ3n) is 5.08. The van der Waals surface area contributed by atoms with Crippen LogP contribution in [0, 0.1) is 0 Å². The third kappa shape index (κ3) is 4.32. The monoisotopic (exact) mass is 374 g/mol. The van der Waals surface area contributed by atoms with Gasteiger partial charge in [-0.2, -0.15) is 0 Å². The summed E-state index contributed by atoms with van der Waals surface area (Å²) < 4.78 is 5.39. The number of piperidine rings is 1. The molecule has 2 heterocycles. The zero-order chi connectivity index (χ0) is 19.4. The highest BCUT2D eigenvalue weighted by Gasteiger charge is 2.36. The second-order valence-corrected chi connectivity index (χ2v) is 6.83. The van der Waals surface area contributed by atoms with E-state index in [0.717, 1.165) is 5.75 Å². The number of ether oxygens (including phenoxy) is 1. The van der Waals surface area contributed by atoms with Gasteiger partial charge in [0.1, 0.15) is 5.75 Å². The molecule has 0 saturated carbocycles. The van der Waals surface area contributed by atoms with Crippen LogP contribution in [0.5, 0.6) is 5.75 Å². The van der Waals surface area contributed by atoms with Gasteiger partial charge in [0.25, 0.3) is 0 Å². The van der Waals surface area contributed by atoms with Crippen molar-refractivity contribution in [3.63, 3.8) is 0 Å². The Bertz CT molecular complexity index is 698. The van der Waals surface area contributed by atoms with E-state index in [4.69, 9.17) is 4.74 Å². The minimum atomic E-state index is -0.447. The Hall–Kier alpha value is -2.77. The summed E-state index contributed by atoms with van der Waals surface area (Å²) in [5.74, 6) is -0.110. The van der Waals surface area contributed by atoms with Crippen molar-refractivity contribution in [1.29, 1.82) is 0 Å². The highest BCUT2D eigenvalue weighted by Crippen LogP contribution is 2.21. The molecule has 0 bridgehead atoms. The van der Waals surface area contributed by atoms with Gasteiger partial charge in [-0.3, -0.25) is 9.59 Å². The number of likely N-dealkylation sites (N-methyl/N-ethyl adjacent to an activating group) is 1. The number of carbonyl (C=O) groups is 3. The van der Waals surface area contributed by atoms with Crippen LogP contribution >= 0.6 is 0 Å². The number of urea groups is 1. The number of nitrogens with zero attached hydrogens (tertiary/aromatic N) is 3. The van der Waals surface area contributed by atoms with Gasteiger partial charge in [0.05, 0.1) is 6.61 Å². The molecule has 8 heteroatoms. The second kappa shape index (κ2) is 8.28. The molecule has 2 fully saturated rings. The van der Waals surface area contributed by atoms with Gasteiger partial charge in [-0.15, -0.1) is 0 Å². The molecule has 0 unspecified atom stereocenters. The molecule has 2 aliphatic rings. The van der Waals surface area contributed by atoms with Crippen molar-refractivity contribution in [1.82, 2.24) is 14.7 Å². The molecular formula is C19H26N4O4. The SMILES string of the molecule is CCOc1ccc(NC(=O)N2CCC(N3CCN(C)C(=O)C3=O)CC2)cc1. The van der Waals surface area contributed by atoms with Gasteiger partial charge in [0, 0.05) is 45.0 Å². The topological polar surface area (TPSA) is 82.2 Å². The lowest BCUT2D eigenvalue weighted by molar-refractivity contribution is -0.157. The molecule has 8 nitrogen and oxygen atoms in total. The summed E-state index contributed by atoms with van der Waals surface area (Å²) in [6, 6.07) is 7.12. The molecule has 4 amide bonds. The Morgan fingerprint density at radius 2 is 1.74 bits per heavy atom. The minimum absolute atomic E-state index is 0.0182. The predicted octanol–water partition coefficient (Wildman–Crippen LogP) is 1.38. The zero-order valence-electron chi connectivity index (χ0n) is 15.8. The molecule has 1 N–H and O–H groups in total. The predicted molar refractivity (Wildman–Crippen MR) is 101 cm³/mol. The van der Waals surface area contributed by atoms with Gasteiger partial charge in [0.2, 0.25) is 0 Å². The summed E-state index contributed by atoms with van der Waals surface area (Å²) in [5.41, 5.74) is 0.713. The maximum Gasteiger partial charge on any atom is 0.321 e. The van der Waals surface area contributed by atoms with E-state index in [0.29, 0.717) is 51.3 Å². The van der Waals surface area contributed by atoms with Crippen molar-refractivity contribution in [2.75, 3.05) is 45.2 Å². The highest BCUT2D eigenvalue weighted by atomic mass is 16.5. The Balaban J connectivity index is 1.50. The number of benzene rings is 1. The quantitative estimate of drug-likeness (QED) is 0.808. The first-order valence-electron chi connectivity index (χ1n) is 9.34. The van der Waals surface area contributed by atoms with Crippen LogP contribution in [-0.4, -0.2) is 78.4 Å². The fourth-order valence-corrected chi connectivity index (χ4v) is 3.48. The lowest BCUT2D eigenvalue weighted by Gasteiger charge is -2.41. The number of hydrogen-bond donors (Lipinski definition) is 1. The fraction of sp³-hybridized carbons (Fsp3) is 0.526. The van der Waals surface area contributed by atoms with Gasteiger partial charge in [-0.05, 0) is 44.0 Å². The molecule has 0 aliphatic carbocycles. The van der Waals surface area contributed by atoms with E-state index in [-0.39, 0.29) is 12.1 Å². The van der Waals surface area contributed by atoms with Gasteiger partial charge in [-0.25, -0.2) is 4.79 Å². The highest BCUT2D eigenvalue weighted by molar-refractivity contribution is 6.35. The van der Waals surface area contributed by atoms with E-state index >= 15 is 0 Å². The van der Waals surface area contributed by atoms with E-state index < -0.39 is 11.8 Å². The fourth-order valence-electron chi connectivity index (χ4n) is 3.48. The summed E-state index contributed by atoms with van der Waals surface area (Å²) in [4.78, 5) is 41.4. The van der Waals surface area contributed by atoms with Crippen LogP contribution in [-0.2, 0) is 9.59 Å². The number of amides is 4. The maximum atomic E-state index is 12.5. The van der Waals surface area contributed by atoms with E-state index in [9.17, 15) is 14.4 Å². The van der Waals surface area contributed by atoms with Crippen molar-refractivity contribution >= 4 is 23.5 Å². The first-order chi connectivity index (χ1) is 13.0. The number of anilines is 1. The maximum absolute atomic E-state index is 12.5. The summed E-state index contributed by atoms with van der Waals surface area (Å²) in [6.07, 6.45) is 1.36. The van der Waals surface area contributed by atoms with E-state index in [1.807, 2.05) is 31.2 Å². The number of rotatable bonds is 4. The molecule has 0 radical (unpaired) electrons. The molecule has 0 spiro atoms. The lowest BCUT2D eigenvalue weighted by Crippen LogP contribution is -2.58. The van der Waals surface area contributed by atoms with Crippen LogP contribution in [0.2, 0.25) is 0 Å². The normalized spacial score (nSPS) is 18.7. The molecule has 146 valence electrons. The first kappa shape index (κ1) is 19.0. The van der Waals surface area contributed by atoms with Crippen LogP contribution in [0.15, 0.2) is 24.3 Å². The molecule has 1 aromatic carbocycles. The Morgan fingerprint density at radius 3 is 2.37 bits per heavy atom. The van der Waals surface area contributed by atoms with Crippen LogP contribution in [0.4, 0.5) is 10.5 Å². The second-order valence-electron chi connectivity index (χ2n) is 6.83. The zero-order valence-corrected chi connectivity index (χ0v) is 15.8. The van der Waals surface area contributed by atoms with Gasteiger partial charge in [-0.1, -0.05) is 0 Å². The van der Waals surface area contributed by atoms with Gasteiger partial charge in [0.15, 0.2) is 0 Å². The average Bonchev–Trinajstić information content (AvgIpc) is 2.68. The Labute approximate surface area is 159 Å². The smallest absolute Gasteiger partial charge is 0.321 e. The number of nitrogens with one attached hydrogen (secondary N) is 1. The minimum Gasteiger partial charge on any atom is -0.494 e. The van der Waals surface area contributed by atoms with Crippen LogP contribution in [0.3, 0.4) is 0 Å².